The summed E-state index contributed by atoms with van der Waals surface area (Å²) in [6, 6.07) is 15.9. The Hall–Kier alpha value is -3.83. The summed E-state index contributed by atoms with van der Waals surface area (Å²) in [5.74, 6) is 2.62. The molecule has 1 heterocycles. The molecule has 0 aliphatic carbocycles. The normalized spacial score (nSPS) is 11.0. The van der Waals surface area contributed by atoms with Crippen LogP contribution in [0.1, 0.15) is 11.1 Å². The molecule has 0 bridgehead atoms. The first kappa shape index (κ1) is 16.0. The van der Waals surface area contributed by atoms with Crippen LogP contribution in [0.5, 0.6) is 0 Å². The number of benzene rings is 2. The molecule has 0 unspecified atom stereocenters. The topological polar surface area (TPSA) is 71.9 Å². The highest BCUT2D eigenvalue weighted by atomic mass is 16.6. The molecule has 25 heavy (non-hydrogen) atoms. The maximum Gasteiger partial charge on any atom is 0.269 e. The number of nitro groups is 1. The third kappa shape index (κ3) is 3.12. The average Bonchev–Trinajstić information content (AvgIpc) is 2.98. The molecule has 5 nitrogen and oxygen atoms in total. The summed E-state index contributed by atoms with van der Waals surface area (Å²) in [6.45, 7) is 0.438. The van der Waals surface area contributed by atoms with Crippen LogP contribution in [0.25, 0.3) is 22.6 Å². The minimum Gasteiger partial charge on any atom is -0.335 e. The highest BCUT2D eigenvalue weighted by Gasteiger charge is 2.10. The summed E-state index contributed by atoms with van der Waals surface area (Å²) < 4.78 is 1.95. The van der Waals surface area contributed by atoms with Crippen LogP contribution in [-0.2, 0) is 6.54 Å². The fraction of sp³-hybridized carbons (Fsp3) is 0.0500. The Morgan fingerprint density at radius 3 is 2.60 bits per heavy atom. The van der Waals surface area contributed by atoms with Gasteiger partial charge in [0.25, 0.3) is 5.69 Å². The fourth-order valence-corrected chi connectivity index (χ4v) is 2.72. The molecule has 0 N–H and O–H groups in total. The smallest absolute Gasteiger partial charge is 0.269 e. The molecule has 0 saturated heterocycles. The van der Waals surface area contributed by atoms with E-state index in [0.29, 0.717) is 17.7 Å². The molecule has 0 spiro atoms. The van der Waals surface area contributed by atoms with Crippen molar-refractivity contribution < 1.29 is 4.92 Å². The third-order valence-electron chi connectivity index (χ3n) is 3.89. The number of aromatic nitrogens is 1. The lowest BCUT2D eigenvalue weighted by Gasteiger charge is -1.99. The van der Waals surface area contributed by atoms with E-state index < -0.39 is 4.92 Å². The van der Waals surface area contributed by atoms with Gasteiger partial charge < -0.3 is 4.57 Å². The molecular formula is C20H13N3O2. The van der Waals surface area contributed by atoms with Crippen LogP contribution in [0.3, 0.4) is 0 Å². The van der Waals surface area contributed by atoms with E-state index in [9.17, 15) is 15.4 Å². The minimum atomic E-state index is -0.465. The van der Waals surface area contributed by atoms with Crippen LogP contribution >= 0.6 is 0 Å². The molecule has 1 aromatic heterocycles. The first-order valence-corrected chi connectivity index (χ1v) is 7.52. The van der Waals surface area contributed by atoms with Crippen molar-refractivity contribution in [2.45, 2.75) is 6.54 Å². The van der Waals surface area contributed by atoms with Crippen molar-refractivity contribution in [2.75, 3.05) is 0 Å². The molecule has 120 valence electrons. The van der Waals surface area contributed by atoms with Gasteiger partial charge >= 0.3 is 0 Å². The summed E-state index contributed by atoms with van der Waals surface area (Å²) in [5.41, 5.74) is 2.92. The molecule has 0 radical (unpaired) electrons. The second-order valence-corrected chi connectivity index (χ2v) is 5.41. The Morgan fingerprint density at radius 1 is 1.24 bits per heavy atom. The van der Waals surface area contributed by atoms with E-state index in [4.69, 9.17) is 6.42 Å². The van der Waals surface area contributed by atoms with Gasteiger partial charge in [0.15, 0.2) is 0 Å². The number of rotatable bonds is 4. The largest absolute Gasteiger partial charge is 0.335 e. The lowest BCUT2D eigenvalue weighted by atomic mass is 10.0. The molecule has 0 fully saturated rings. The summed E-state index contributed by atoms with van der Waals surface area (Å²) in [7, 11) is 0. The quantitative estimate of drug-likeness (QED) is 0.311. The zero-order valence-corrected chi connectivity index (χ0v) is 13.2. The van der Waals surface area contributed by atoms with E-state index in [1.165, 1.54) is 12.1 Å². The van der Waals surface area contributed by atoms with Crippen molar-refractivity contribution >= 4 is 28.2 Å². The van der Waals surface area contributed by atoms with Crippen LogP contribution in [-0.4, -0.2) is 9.49 Å². The first-order valence-electron chi connectivity index (χ1n) is 7.52. The van der Waals surface area contributed by atoms with Gasteiger partial charge in [-0.3, -0.25) is 10.1 Å². The highest BCUT2D eigenvalue weighted by Crippen LogP contribution is 2.26. The standard InChI is InChI=1S/C20H13N3O2/c1-2-11-22-14-17(19-5-3-4-6-20(19)22)12-16(13-21)15-7-9-18(10-8-15)23(24)25/h1,3-10,12,14H,11H2/b16-12-. The van der Waals surface area contributed by atoms with Crippen LogP contribution in [0.15, 0.2) is 54.7 Å². The van der Waals surface area contributed by atoms with Gasteiger partial charge in [-0.25, -0.2) is 0 Å². The van der Waals surface area contributed by atoms with Crippen molar-refractivity contribution in [1.29, 1.82) is 5.26 Å². The Bertz CT molecular complexity index is 1060. The summed E-state index contributed by atoms with van der Waals surface area (Å²) in [4.78, 5) is 10.3. The van der Waals surface area contributed by atoms with Crippen LogP contribution in [0.4, 0.5) is 5.69 Å². The van der Waals surface area contributed by atoms with E-state index >= 15 is 0 Å². The predicted octanol–water partition coefficient (Wildman–Crippen LogP) is 4.25. The molecule has 0 aliphatic rings. The first-order chi connectivity index (χ1) is 12.1. The highest BCUT2D eigenvalue weighted by molar-refractivity contribution is 5.98. The van der Waals surface area contributed by atoms with Crippen molar-refractivity contribution in [1.82, 2.24) is 4.57 Å². The van der Waals surface area contributed by atoms with Gasteiger partial charge in [0.1, 0.15) is 0 Å². The molecule has 3 aromatic rings. The SMILES string of the molecule is C#CCn1cc(/C=C(/C#N)c2ccc([N+](=O)[O-])cc2)c2ccccc21. The third-order valence-corrected chi connectivity index (χ3v) is 3.89. The van der Waals surface area contributed by atoms with Gasteiger partial charge in [0, 0.05) is 34.8 Å². The van der Waals surface area contributed by atoms with Gasteiger partial charge in [-0.15, -0.1) is 6.42 Å². The van der Waals surface area contributed by atoms with Crippen LogP contribution in [0.2, 0.25) is 0 Å². The molecule has 2 aromatic carbocycles. The zero-order valence-electron chi connectivity index (χ0n) is 13.2. The number of nitro benzene ring substituents is 1. The Balaban J connectivity index is 2.09. The van der Waals surface area contributed by atoms with E-state index in [2.05, 4.69) is 12.0 Å². The number of fused-ring (bicyclic) bond motifs is 1. The molecule has 0 aliphatic heterocycles. The summed E-state index contributed by atoms with van der Waals surface area (Å²) >= 11 is 0. The number of nitrogens with zero attached hydrogens (tertiary/aromatic N) is 3. The molecule has 0 amide bonds. The van der Waals surface area contributed by atoms with Crippen molar-refractivity contribution in [2.24, 2.45) is 0 Å². The van der Waals surface area contributed by atoms with E-state index in [0.717, 1.165) is 16.5 Å². The second-order valence-electron chi connectivity index (χ2n) is 5.41. The van der Waals surface area contributed by atoms with Crippen molar-refractivity contribution in [3.8, 4) is 18.4 Å². The van der Waals surface area contributed by atoms with E-state index in [1.807, 2.05) is 35.0 Å². The molecule has 5 heteroatoms. The van der Waals surface area contributed by atoms with Crippen molar-refractivity contribution in [3.05, 3.63) is 76.0 Å². The Kier molecular flexibility index (Phi) is 4.32. The number of nitriles is 1. The number of hydrogen-bond donors (Lipinski definition) is 0. The van der Waals surface area contributed by atoms with Gasteiger partial charge in [0.05, 0.1) is 23.1 Å². The predicted molar refractivity (Wildman–Crippen MR) is 97.4 cm³/mol. The molecule has 3 rings (SSSR count). The van der Waals surface area contributed by atoms with Crippen LogP contribution < -0.4 is 0 Å². The minimum absolute atomic E-state index is 0.00772. The van der Waals surface area contributed by atoms with Crippen molar-refractivity contribution in [3.63, 3.8) is 0 Å². The second kappa shape index (κ2) is 6.74. The Morgan fingerprint density at radius 2 is 1.96 bits per heavy atom. The lowest BCUT2D eigenvalue weighted by Crippen LogP contribution is -1.91. The number of terminal acetylenes is 1. The maximum atomic E-state index is 10.8. The molecule has 0 atom stereocenters. The van der Waals surface area contributed by atoms with Gasteiger partial charge in [0.2, 0.25) is 0 Å². The van der Waals surface area contributed by atoms with E-state index in [1.54, 1.807) is 18.2 Å². The summed E-state index contributed by atoms with van der Waals surface area (Å²) in [5, 5.41) is 21.3. The number of non-ortho nitro benzene ring substituents is 1. The average molecular weight is 327 g/mol. The molecule has 0 saturated carbocycles. The van der Waals surface area contributed by atoms with Gasteiger partial charge in [-0.1, -0.05) is 24.1 Å². The van der Waals surface area contributed by atoms with E-state index in [-0.39, 0.29) is 5.69 Å². The monoisotopic (exact) mass is 327 g/mol. The van der Waals surface area contributed by atoms with Gasteiger partial charge in [-0.05, 0) is 29.8 Å². The zero-order chi connectivity index (χ0) is 17.8. The number of allylic oxidation sites excluding steroid dienone is 1. The Labute approximate surface area is 144 Å². The fourth-order valence-electron chi connectivity index (χ4n) is 2.72. The van der Waals surface area contributed by atoms with Gasteiger partial charge in [-0.2, -0.15) is 5.26 Å². The van der Waals surface area contributed by atoms with Crippen LogP contribution in [0, 0.1) is 33.8 Å². The number of para-hydroxylation sites is 1. The summed E-state index contributed by atoms with van der Waals surface area (Å²) in [6.07, 6.45) is 9.11. The molecular weight excluding hydrogens is 314 g/mol. The lowest BCUT2D eigenvalue weighted by molar-refractivity contribution is -0.384. The maximum absolute atomic E-state index is 10.8. The number of hydrogen-bond acceptors (Lipinski definition) is 3.